The number of hydrogen-bond donors (Lipinski definition) is 2. The Morgan fingerprint density at radius 3 is 2.57 bits per heavy atom. The summed E-state index contributed by atoms with van der Waals surface area (Å²) in [5.41, 5.74) is 7.25. The quantitative estimate of drug-likeness (QED) is 0.244. The molecule has 1 saturated heterocycles. The molecular weight excluding hydrogens is 581 g/mol. The van der Waals surface area contributed by atoms with E-state index in [1.54, 1.807) is 6.07 Å². The molecule has 4 aromatic rings. The summed E-state index contributed by atoms with van der Waals surface area (Å²) >= 11 is 0. The lowest BCUT2D eigenvalue weighted by Gasteiger charge is -2.65. The van der Waals surface area contributed by atoms with E-state index in [1.807, 2.05) is 53.1 Å². The number of carbonyl (C=O) groups is 1. The Bertz CT molecular complexity index is 1850. The van der Waals surface area contributed by atoms with Crippen LogP contribution in [0.25, 0.3) is 21.8 Å². The SMILES string of the molecule is CN1CCC(COC(=O)c2cc3ccc(CN)nc3n2Cc2cc(NS(=O)(=O)CC34CC(F)(C3)C4)cc3ccccc23)CC1. The van der Waals surface area contributed by atoms with Gasteiger partial charge < -0.3 is 19.9 Å². The normalized spacial score (nSPS) is 23.8. The summed E-state index contributed by atoms with van der Waals surface area (Å²) in [6.07, 6.45) is 2.93. The van der Waals surface area contributed by atoms with Gasteiger partial charge in [0.1, 0.15) is 17.0 Å². The molecule has 0 amide bonds. The number of halogens is 1. The van der Waals surface area contributed by atoms with Gasteiger partial charge in [0.05, 0.1) is 24.6 Å². The van der Waals surface area contributed by atoms with Gasteiger partial charge in [0.2, 0.25) is 10.0 Å². The fourth-order valence-electron chi connectivity index (χ4n) is 7.49. The summed E-state index contributed by atoms with van der Waals surface area (Å²) in [5.74, 6) is -0.180. The topological polar surface area (TPSA) is 120 Å². The van der Waals surface area contributed by atoms with E-state index in [-0.39, 0.29) is 18.8 Å². The van der Waals surface area contributed by atoms with Gasteiger partial charge >= 0.3 is 5.97 Å². The second-order valence-corrected chi connectivity index (χ2v) is 15.0. The fraction of sp³-hybridized carbons (Fsp3) is 0.455. The second-order valence-electron chi connectivity index (χ2n) is 13.3. The van der Waals surface area contributed by atoms with Gasteiger partial charge in [-0.05, 0) is 110 Å². The molecule has 11 heteroatoms. The number of anilines is 1. The number of piperidine rings is 1. The van der Waals surface area contributed by atoms with Crippen LogP contribution in [0.3, 0.4) is 0 Å². The number of hydrogen-bond acceptors (Lipinski definition) is 7. The molecule has 3 saturated carbocycles. The smallest absolute Gasteiger partial charge is 0.355 e. The summed E-state index contributed by atoms with van der Waals surface area (Å²) < 4.78 is 50.9. The number of fused-ring (bicyclic) bond motifs is 2. The molecule has 0 radical (unpaired) electrons. The second kappa shape index (κ2) is 10.8. The van der Waals surface area contributed by atoms with Crippen LogP contribution in [0, 0.1) is 11.3 Å². The first-order valence-corrected chi connectivity index (χ1v) is 16.9. The van der Waals surface area contributed by atoms with E-state index >= 15 is 0 Å². The lowest BCUT2D eigenvalue weighted by atomic mass is 9.43. The Morgan fingerprint density at radius 2 is 1.84 bits per heavy atom. The minimum Gasteiger partial charge on any atom is -0.461 e. The number of pyridine rings is 1. The van der Waals surface area contributed by atoms with Crippen LogP contribution in [0.1, 0.15) is 53.8 Å². The predicted octanol–water partition coefficient (Wildman–Crippen LogP) is 4.83. The minimum atomic E-state index is -3.70. The fourth-order valence-corrected chi connectivity index (χ4v) is 9.15. The lowest BCUT2D eigenvalue weighted by molar-refractivity contribution is -0.198. The van der Waals surface area contributed by atoms with Crippen molar-refractivity contribution < 1.29 is 22.3 Å². The predicted molar refractivity (Wildman–Crippen MR) is 169 cm³/mol. The molecule has 1 aliphatic heterocycles. The number of benzene rings is 2. The van der Waals surface area contributed by atoms with E-state index in [9.17, 15) is 17.6 Å². The Balaban J connectivity index is 1.21. The first kappa shape index (κ1) is 29.2. The average molecular weight is 620 g/mol. The molecule has 4 fully saturated rings. The van der Waals surface area contributed by atoms with Gasteiger partial charge in [-0.25, -0.2) is 22.6 Å². The molecule has 0 unspecified atom stereocenters. The van der Waals surface area contributed by atoms with Crippen LogP contribution in [0.2, 0.25) is 0 Å². The monoisotopic (exact) mass is 619 g/mol. The highest BCUT2D eigenvalue weighted by molar-refractivity contribution is 7.92. The first-order valence-electron chi connectivity index (χ1n) is 15.3. The highest BCUT2D eigenvalue weighted by atomic mass is 32.2. The molecule has 8 rings (SSSR count). The highest BCUT2D eigenvalue weighted by Crippen LogP contribution is 2.69. The zero-order valence-electron chi connectivity index (χ0n) is 24.9. The average Bonchev–Trinajstić information content (AvgIpc) is 3.32. The minimum absolute atomic E-state index is 0.0882. The Morgan fingerprint density at radius 1 is 1.09 bits per heavy atom. The largest absolute Gasteiger partial charge is 0.461 e. The van der Waals surface area contributed by atoms with Crippen molar-refractivity contribution in [2.24, 2.45) is 17.1 Å². The van der Waals surface area contributed by atoms with E-state index in [4.69, 9.17) is 15.5 Å². The van der Waals surface area contributed by atoms with E-state index in [0.717, 1.165) is 47.7 Å². The van der Waals surface area contributed by atoms with Crippen LogP contribution in [-0.2, 0) is 27.8 Å². The van der Waals surface area contributed by atoms with Gasteiger partial charge in [-0.3, -0.25) is 4.72 Å². The van der Waals surface area contributed by atoms with Crippen molar-refractivity contribution in [2.75, 3.05) is 37.2 Å². The van der Waals surface area contributed by atoms with Crippen molar-refractivity contribution in [2.45, 2.75) is 50.9 Å². The van der Waals surface area contributed by atoms with Gasteiger partial charge in [0, 0.05) is 17.6 Å². The maximum absolute atomic E-state index is 14.1. The first-order chi connectivity index (χ1) is 21.0. The number of sulfonamides is 1. The summed E-state index contributed by atoms with van der Waals surface area (Å²) in [6.45, 7) is 2.84. The Hall–Kier alpha value is -3.54. The van der Waals surface area contributed by atoms with Crippen LogP contribution in [0.4, 0.5) is 10.1 Å². The van der Waals surface area contributed by atoms with Crippen molar-refractivity contribution in [3.8, 4) is 0 Å². The van der Waals surface area contributed by atoms with Gasteiger partial charge in [0.15, 0.2) is 0 Å². The maximum atomic E-state index is 14.1. The van der Waals surface area contributed by atoms with Gasteiger partial charge in [-0.15, -0.1) is 0 Å². The molecule has 44 heavy (non-hydrogen) atoms. The van der Waals surface area contributed by atoms with E-state index in [0.29, 0.717) is 54.5 Å². The van der Waals surface area contributed by atoms with Crippen molar-refractivity contribution in [3.63, 3.8) is 0 Å². The summed E-state index contributed by atoms with van der Waals surface area (Å²) in [5, 5.41) is 2.57. The third-order valence-corrected chi connectivity index (χ3v) is 11.2. The molecule has 0 atom stereocenters. The van der Waals surface area contributed by atoms with Crippen molar-refractivity contribution in [1.82, 2.24) is 14.5 Å². The van der Waals surface area contributed by atoms with Crippen LogP contribution >= 0.6 is 0 Å². The molecule has 3 aliphatic carbocycles. The zero-order chi connectivity index (χ0) is 30.7. The molecule has 2 bridgehead atoms. The molecule has 2 aromatic carbocycles. The molecule has 0 spiro atoms. The summed E-state index contributed by atoms with van der Waals surface area (Å²) in [4.78, 5) is 20.6. The number of aromatic nitrogens is 2. The van der Waals surface area contributed by atoms with Crippen LogP contribution < -0.4 is 10.5 Å². The van der Waals surface area contributed by atoms with Gasteiger partial charge in [-0.1, -0.05) is 24.3 Å². The third-order valence-electron chi connectivity index (χ3n) is 9.63. The number of nitrogens with two attached hydrogens (primary N) is 1. The number of nitrogens with one attached hydrogen (secondary N) is 1. The van der Waals surface area contributed by atoms with Gasteiger partial charge in [-0.2, -0.15) is 0 Å². The summed E-state index contributed by atoms with van der Waals surface area (Å²) in [6, 6.07) is 16.9. The van der Waals surface area contributed by atoms with Crippen LogP contribution in [0.5, 0.6) is 0 Å². The van der Waals surface area contributed by atoms with Crippen molar-refractivity contribution in [3.05, 3.63) is 71.5 Å². The van der Waals surface area contributed by atoms with E-state index in [2.05, 4.69) is 16.7 Å². The number of alkyl halides is 1. The van der Waals surface area contributed by atoms with Crippen molar-refractivity contribution in [1.29, 1.82) is 0 Å². The van der Waals surface area contributed by atoms with Gasteiger partial charge in [0.25, 0.3) is 0 Å². The molecule has 4 aliphatic rings. The molecule has 9 nitrogen and oxygen atoms in total. The number of nitrogens with zero attached hydrogens (tertiary/aromatic N) is 3. The van der Waals surface area contributed by atoms with Crippen LogP contribution in [0.15, 0.2) is 54.6 Å². The Labute approximate surface area is 256 Å². The zero-order valence-corrected chi connectivity index (χ0v) is 25.7. The maximum Gasteiger partial charge on any atom is 0.355 e. The molecule has 3 N–H and O–H groups in total. The highest BCUT2D eigenvalue weighted by Gasteiger charge is 2.70. The molecule has 2 aromatic heterocycles. The molecule has 232 valence electrons. The number of esters is 1. The lowest BCUT2D eigenvalue weighted by Crippen LogP contribution is -2.67. The third kappa shape index (κ3) is 5.57. The van der Waals surface area contributed by atoms with Crippen molar-refractivity contribution >= 4 is 43.5 Å². The molecule has 3 heterocycles. The van der Waals surface area contributed by atoms with E-state index < -0.39 is 27.1 Å². The summed E-state index contributed by atoms with van der Waals surface area (Å²) in [7, 11) is -1.60. The number of ether oxygens (including phenoxy) is 1. The number of rotatable bonds is 10. The van der Waals surface area contributed by atoms with E-state index in [1.165, 1.54) is 0 Å². The number of likely N-dealkylation sites (tertiary alicyclic amines) is 1. The number of carbonyl (C=O) groups excluding carboxylic acids is 1. The Kier molecular flexibility index (Phi) is 7.17. The van der Waals surface area contributed by atoms with Crippen LogP contribution in [-0.4, -0.2) is 67.0 Å². The molecular formula is C33H38FN5O4S. The standard InChI is InChI=1S/C33H38FN5O4S/c1-38-10-8-22(9-11-38)17-43-31(40)29-14-24-6-7-26(15-35)36-30(24)39(29)16-25-13-27(12-23-4-2-3-5-28(23)25)37-44(41,42)21-32-18-33(34,19-32)20-32/h2-7,12-14,22,37H,8-11,15-21,35H2,1H3.